The summed E-state index contributed by atoms with van der Waals surface area (Å²) in [6, 6.07) is 18.4. The van der Waals surface area contributed by atoms with Crippen LogP contribution in [0.25, 0.3) is 5.69 Å². The number of tetrazole rings is 1. The van der Waals surface area contributed by atoms with E-state index >= 15 is 0 Å². The number of nitrogens with one attached hydrogen (secondary N) is 1. The first-order valence-corrected chi connectivity index (χ1v) is 8.08. The molecule has 0 amide bonds. The third-order valence-electron chi connectivity index (χ3n) is 3.15. The Morgan fingerprint density at radius 3 is 2.59 bits per heavy atom. The van der Waals surface area contributed by atoms with Crippen LogP contribution >= 0.6 is 11.8 Å². The molecule has 0 aliphatic heterocycles. The van der Waals surface area contributed by atoms with Crippen LogP contribution in [0.4, 0.5) is 5.95 Å². The van der Waals surface area contributed by atoms with Crippen LogP contribution in [0.15, 0.2) is 59.5 Å². The molecule has 2 aromatic carbocycles. The number of para-hydroxylation sites is 1. The number of aryl methyl sites for hydroxylation is 1. The van der Waals surface area contributed by atoms with Gasteiger partial charge in [0.25, 0.3) is 0 Å². The summed E-state index contributed by atoms with van der Waals surface area (Å²) in [6.45, 7) is 2.89. The van der Waals surface area contributed by atoms with Crippen LogP contribution in [-0.4, -0.2) is 32.5 Å². The van der Waals surface area contributed by atoms with Gasteiger partial charge < -0.3 is 5.32 Å². The highest BCUT2D eigenvalue weighted by molar-refractivity contribution is 7.99. The smallest absolute Gasteiger partial charge is 0.247 e. The summed E-state index contributed by atoms with van der Waals surface area (Å²) in [5, 5.41) is 15.1. The molecule has 0 atom stereocenters. The molecule has 0 spiro atoms. The number of nitrogens with zero attached hydrogens (tertiary/aromatic N) is 4. The van der Waals surface area contributed by atoms with Gasteiger partial charge in [-0.1, -0.05) is 41.0 Å². The van der Waals surface area contributed by atoms with Crippen molar-refractivity contribution in [2.24, 2.45) is 0 Å². The standard InChI is InChI=1S/C16H17N5S/c1-13-7-9-15(10-8-13)22-12-11-17-16-18-19-20-21(16)14-5-3-2-4-6-14/h2-10H,11-12H2,1H3,(H,17,18,20). The van der Waals surface area contributed by atoms with Crippen molar-refractivity contribution in [2.75, 3.05) is 17.6 Å². The molecule has 0 saturated heterocycles. The largest absolute Gasteiger partial charge is 0.352 e. The van der Waals surface area contributed by atoms with E-state index in [1.165, 1.54) is 10.5 Å². The average molecular weight is 311 g/mol. The highest BCUT2D eigenvalue weighted by atomic mass is 32.2. The molecule has 112 valence electrons. The Hall–Kier alpha value is -2.34. The fourth-order valence-corrected chi connectivity index (χ4v) is 2.78. The Bertz CT molecular complexity index is 709. The van der Waals surface area contributed by atoms with Gasteiger partial charge in [-0.2, -0.15) is 4.68 Å². The Morgan fingerprint density at radius 2 is 1.82 bits per heavy atom. The van der Waals surface area contributed by atoms with Crippen molar-refractivity contribution in [2.45, 2.75) is 11.8 Å². The fourth-order valence-electron chi connectivity index (χ4n) is 2.01. The van der Waals surface area contributed by atoms with Gasteiger partial charge >= 0.3 is 0 Å². The van der Waals surface area contributed by atoms with Crippen LogP contribution in [0.3, 0.4) is 0 Å². The monoisotopic (exact) mass is 311 g/mol. The molecule has 0 aliphatic rings. The van der Waals surface area contributed by atoms with Gasteiger partial charge in [0.1, 0.15) is 0 Å². The van der Waals surface area contributed by atoms with Crippen LogP contribution in [-0.2, 0) is 0 Å². The van der Waals surface area contributed by atoms with Crippen LogP contribution in [0.1, 0.15) is 5.56 Å². The zero-order valence-corrected chi connectivity index (χ0v) is 13.1. The normalized spacial score (nSPS) is 10.6. The number of rotatable bonds is 6. The number of hydrogen-bond acceptors (Lipinski definition) is 5. The Kier molecular flexibility index (Phi) is 4.70. The molecule has 1 aromatic heterocycles. The van der Waals surface area contributed by atoms with Gasteiger partial charge in [0.2, 0.25) is 5.95 Å². The number of benzene rings is 2. The Labute approximate surface area is 133 Å². The van der Waals surface area contributed by atoms with E-state index in [0.717, 1.165) is 18.0 Å². The average Bonchev–Trinajstić information content (AvgIpc) is 3.02. The molecular weight excluding hydrogens is 294 g/mol. The van der Waals surface area contributed by atoms with E-state index in [-0.39, 0.29) is 0 Å². The highest BCUT2D eigenvalue weighted by Gasteiger charge is 2.06. The molecule has 0 fully saturated rings. The van der Waals surface area contributed by atoms with Crippen LogP contribution < -0.4 is 5.32 Å². The van der Waals surface area contributed by atoms with Crippen molar-refractivity contribution in [3.63, 3.8) is 0 Å². The molecule has 6 heteroatoms. The molecule has 22 heavy (non-hydrogen) atoms. The molecular formula is C16H17N5S. The van der Waals surface area contributed by atoms with E-state index in [0.29, 0.717) is 5.95 Å². The minimum absolute atomic E-state index is 0.663. The van der Waals surface area contributed by atoms with E-state index < -0.39 is 0 Å². The lowest BCUT2D eigenvalue weighted by molar-refractivity contribution is 0.790. The van der Waals surface area contributed by atoms with Crippen molar-refractivity contribution < 1.29 is 0 Å². The maximum Gasteiger partial charge on any atom is 0.247 e. The van der Waals surface area contributed by atoms with Gasteiger partial charge in [0, 0.05) is 17.2 Å². The highest BCUT2D eigenvalue weighted by Crippen LogP contribution is 2.18. The van der Waals surface area contributed by atoms with E-state index in [9.17, 15) is 0 Å². The minimum Gasteiger partial charge on any atom is -0.352 e. The Balaban J connectivity index is 1.54. The first-order chi connectivity index (χ1) is 10.8. The summed E-state index contributed by atoms with van der Waals surface area (Å²) in [5.41, 5.74) is 2.23. The van der Waals surface area contributed by atoms with Crippen molar-refractivity contribution in [1.82, 2.24) is 20.2 Å². The number of thioether (sulfide) groups is 1. The summed E-state index contributed by atoms with van der Waals surface area (Å²) in [5.74, 6) is 1.61. The predicted molar refractivity (Wildman–Crippen MR) is 89.5 cm³/mol. The molecule has 0 unspecified atom stereocenters. The maximum absolute atomic E-state index is 4.03. The molecule has 0 bridgehead atoms. The van der Waals surface area contributed by atoms with E-state index in [4.69, 9.17) is 0 Å². The second kappa shape index (κ2) is 7.09. The summed E-state index contributed by atoms with van der Waals surface area (Å²) < 4.78 is 1.70. The second-order valence-corrected chi connectivity index (χ2v) is 6.01. The van der Waals surface area contributed by atoms with Crippen molar-refractivity contribution in [3.8, 4) is 5.69 Å². The van der Waals surface area contributed by atoms with Gasteiger partial charge in [0.15, 0.2) is 0 Å². The van der Waals surface area contributed by atoms with Crippen LogP contribution in [0.5, 0.6) is 0 Å². The lowest BCUT2D eigenvalue weighted by atomic mass is 10.2. The zero-order valence-electron chi connectivity index (χ0n) is 12.3. The topological polar surface area (TPSA) is 55.6 Å². The minimum atomic E-state index is 0.663. The van der Waals surface area contributed by atoms with Crippen molar-refractivity contribution >= 4 is 17.7 Å². The first-order valence-electron chi connectivity index (χ1n) is 7.10. The number of anilines is 1. The van der Waals surface area contributed by atoms with Gasteiger partial charge in [-0.05, 0) is 41.6 Å². The summed E-state index contributed by atoms with van der Waals surface area (Å²) >= 11 is 1.81. The summed E-state index contributed by atoms with van der Waals surface area (Å²) in [6.07, 6.45) is 0. The molecule has 3 aromatic rings. The van der Waals surface area contributed by atoms with Gasteiger partial charge in [0.05, 0.1) is 5.69 Å². The molecule has 1 N–H and O–H groups in total. The molecule has 0 saturated carbocycles. The third-order valence-corrected chi connectivity index (χ3v) is 4.16. The first kappa shape index (κ1) is 14.6. The van der Waals surface area contributed by atoms with E-state index in [1.54, 1.807) is 4.68 Å². The molecule has 0 radical (unpaired) electrons. The quantitative estimate of drug-likeness (QED) is 0.560. The van der Waals surface area contributed by atoms with Gasteiger partial charge in [-0.3, -0.25) is 0 Å². The molecule has 3 rings (SSSR count). The van der Waals surface area contributed by atoms with Gasteiger partial charge in [-0.25, -0.2) is 0 Å². The fraction of sp³-hybridized carbons (Fsp3) is 0.188. The molecule has 0 aliphatic carbocycles. The van der Waals surface area contributed by atoms with Gasteiger partial charge in [-0.15, -0.1) is 11.8 Å². The number of hydrogen-bond donors (Lipinski definition) is 1. The van der Waals surface area contributed by atoms with E-state index in [2.05, 4.69) is 52.0 Å². The SMILES string of the molecule is Cc1ccc(SCCNc2nnnn2-c2ccccc2)cc1. The van der Waals surface area contributed by atoms with Crippen molar-refractivity contribution in [3.05, 3.63) is 60.2 Å². The molecule has 5 nitrogen and oxygen atoms in total. The predicted octanol–water partition coefficient (Wildman–Crippen LogP) is 3.17. The second-order valence-electron chi connectivity index (χ2n) is 4.84. The number of aromatic nitrogens is 4. The van der Waals surface area contributed by atoms with Crippen molar-refractivity contribution in [1.29, 1.82) is 0 Å². The Morgan fingerprint density at radius 1 is 1.05 bits per heavy atom. The van der Waals surface area contributed by atoms with E-state index in [1.807, 2.05) is 42.1 Å². The van der Waals surface area contributed by atoms with Crippen LogP contribution in [0.2, 0.25) is 0 Å². The summed E-state index contributed by atoms with van der Waals surface area (Å²) in [7, 11) is 0. The lowest BCUT2D eigenvalue weighted by Crippen LogP contribution is -2.10. The molecule has 1 heterocycles. The maximum atomic E-state index is 4.03. The third kappa shape index (κ3) is 3.65. The van der Waals surface area contributed by atoms with Crippen LogP contribution in [0, 0.1) is 6.92 Å². The lowest BCUT2D eigenvalue weighted by Gasteiger charge is -2.07. The summed E-state index contributed by atoms with van der Waals surface area (Å²) in [4.78, 5) is 1.27. The zero-order chi connectivity index (χ0) is 15.2.